The second-order valence-corrected chi connectivity index (χ2v) is 6.62. The van der Waals surface area contributed by atoms with Crippen LogP contribution in [0.5, 0.6) is 0 Å². The molecule has 21 heavy (non-hydrogen) atoms. The number of nitrogens with one attached hydrogen (secondary N) is 2. The Kier molecular flexibility index (Phi) is 5.15. The first-order chi connectivity index (χ1) is 10.3. The third kappa shape index (κ3) is 3.98. The maximum Gasteiger partial charge on any atom is 0.0418 e. The molecule has 0 aliphatic carbocycles. The lowest BCUT2D eigenvalue weighted by Crippen LogP contribution is -2.41. The van der Waals surface area contributed by atoms with Crippen molar-refractivity contribution in [1.29, 1.82) is 0 Å². The molecule has 1 aromatic carbocycles. The van der Waals surface area contributed by atoms with Gasteiger partial charge in [0.1, 0.15) is 0 Å². The van der Waals surface area contributed by atoms with E-state index in [2.05, 4.69) is 40.7 Å². The van der Waals surface area contributed by atoms with Crippen LogP contribution >= 0.6 is 0 Å². The van der Waals surface area contributed by atoms with E-state index in [0.29, 0.717) is 6.04 Å². The van der Waals surface area contributed by atoms with Gasteiger partial charge in [0.2, 0.25) is 0 Å². The third-order valence-corrected chi connectivity index (χ3v) is 4.78. The Morgan fingerprint density at radius 3 is 2.90 bits per heavy atom. The van der Waals surface area contributed by atoms with E-state index >= 15 is 0 Å². The highest BCUT2D eigenvalue weighted by Crippen LogP contribution is 2.25. The zero-order chi connectivity index (χ0) is 14.5. The molecule has 1 atom stereocenters. The summed E-state index contributed by atoms with van der Waals surface area (Å²) in [6.07, 6.45) is 6.65. The minimum atomic E-state index is 0.558. The molecule has 1 unspecified atom stereocenters. The molecule has 2 N–H and O–H groups in total. The Morgan fingerprint density at radius 2 is 2.05 bits per heavy atom. The summed E-state index contributed by atoms with van der Waals surface area (Å²) in [5.41, 5.74) is 4.31. The Labute approximate surface area is 129 Å². The van der Waals surface area contributed by atoms with Gasteiger partial charge in [-0.1, -0.05) is 24.6 Å². The Balaban J connectivity index is 1.52. The minimum absolute atomic E-state index is 0.558. The second-order valence-electron chi connectivity index (χ2n) is 6.62. The number of hydrogen-bond acceptors (Lipinski definition) is 3. The predicted molar refractivity (Wildman–Crippen MR) is 89.8 cm³/mol. The molecule has 0 saturated carbocycles. The van der Waals surface area contributed by atoms with Gasteiger partial charge in [0.25, 0.3) is 0 Å². The van der Waals surface area contributed by atoms with Crippen LogP contribution < -0.4 is 10.6 Å². The molecule has 0 spiro atoms. The molecular formula is C18H29N3. The summed E-state index contributed by atoms with van der Waals surface area (Å²) in [5, 5.41) is 7.30. The molecule has 0 aromatic heterocycles. The van der Waals surface area contributed by atoms with Gasteiger partial charge in [-0.15, -0.1) is 0 Å². The van der Waals surface area contributed by atoms with Crippen LogP contribution in [0.2, 0.25) is 0 Å². The normalized spacial score (nSPS) is 20.6. The Hall–Kier alpha value is -1.06. The van der Waals surface area contributed by atoms with Gasteiger partial charge in [-0.05, 0) is 56.8 Å². The second kappa shape index (κ2) is 7.28. The number of hydrogen-bond donors (Lipinski definition) is 2. The summed E-state index contributed by atoms with van der Waals surface area (Å²) >= 11 is 0. The number of rotatable bonds is 5. The van der Waals surface area contributed by atoms with Crippen LogP contribution in [-0.2, 0) is 13.0 Å². The average molecular weight is 287 g/mol. The van der Waals surface area contributed by atoms with Crippen LogP contribution in [-0.4, -0.2) is 37.1 Å². The van der Waals surface area contributed by atoms with Crippen molar-refractivity contribution >= 4 is 5.69 Å². The summed E-state index contributed by atoms with van der Waals surface area (Å²) in [6.45, 7) is 8.17. The Morgan fingerprint density at radius 1 is 1.19 bits per heavy atom. The van der Waals surface area contributed by atoms with Gasteiger partial charge in [-0.2, -0.15) is 0 Å². The first-order valence-corrected chi connectivity index (χ1v) is 8.63. The van der Waals surface area contributed by atoms with Gasteiger partial charge in [-0.3, -0.25) is 0 Å². The van der Waals surface area contributed by atoms with Gasteiger partial charge < -0.3 is 15.5 Å². The number of nitrogens with zero attached hydrogens (tertiary/aromatic N) is 1. The molecule has 2 aliphatic rings. The lowest BCUT2D eigenvalue weighted by Gasteiger charge is -2.29. The van der Waals surface area contributed by atoms with Crippen molar-refractivity contribution in [2.75, 3.05) is 31.5 Å². The number of fused-ring (bicyclic) bond motifs is 1. The van der Waals surface area contributed by atoms with Crippen molar-refractivity contribution in [2.24, 2.45) is 0 Å². The van der Waals surface area contributed by atoms with Crippen molar-refractivity contribution in [3.63, 3.8) is 0 Å². The van der Waals surface area contributed by atoms with E-state index in [1.165, 1.54) is 68.6 Å². The molecule has 0 amide bonds. The molecule has 0 bridgehead atoms. The summed E-state index contributed by atoms with van der Waals surface area (Å²) < 4.78 is 0. The topological polar surface area (TPSA) is 27.3 Å². The Bertz CT molecular complexity index is 452. The molecule has 1 fully saturated rings. The van der Waals surface area contributed by atoms with Crippen LogP contribution in [0.1, 0.15) is 43.7 Å². The number of piperidine rings is 1. The van der Waals surface area contributed by atoms with Gasteiger partial charge in [0, 0.05) is 31.4 Å². The SMILES string of the molecule is CC(CN1CCCCC1)NCc1cccc2c1NCCC2. The molecule has 2 aliphatic heterocycles. The number of anilines is 1. The van der Waals surface area contributed by atoms with E-state index in [4.69, 9.17) is 0 Å². The molecule has 1 aromatic rings. The summed E-state index contributed by atoms with van der Waals surface area (Å²) in [6, 6.07) is 7.29. The van der Waals surface area contributed by atoms with Gasteiger partial charge in [0.15, 0.2) is 0 Å². The zero-order valence-corrected chi connectivity index (χ0v) is 13.3. The largest absolute Gasteiger partial charge is 0.385 e. The van der Waals surface area contributed by atoms with Crippen LogP contribution in [0.15, 0.2) is 18.2 Å². The minimum Gasteiger partial charge on any atom is -0.385 e. The maximum atomic E-state index is 3.71. The molecule has 3 rings (SSSR count). The quantitative estimate of drug-likeness (QED) is 0.872. The van der Waals surface area contributed by atoms with E-state index < -0.39 is 0 Å². The van der Waals surface area contributed by atoms with E-state index in [9.17, 15) is 0 Å². The predicted octanol–water partition coefficient (Wildman–Crippen LogP) is 3.01. The third-order valence-electron chi connectivity index (χ3n) is 4.78. The fourth-order valence-corrected chi connectivity index (χ4v) is 3.61. The fourth-order valence-electron chi connectivity index (χ4n) is 3.61. The first kappa shape index (κ1) is 14.9. The first-order valence-electron chi connectivity index (χ1n) is 8.63. The number of aryl methyl sites for hydroxylation is 1. The van der Waals surface area contributed by atoms with Gasteiger partial charge in [0.05, 0.1) is 0 Å². The van der Waals surface area contributed by atoms with Crippen molar-refractivity contribution in [1.82, 2.24) is 10.2 Å². The highest BCUT2D eigenvalue weighted by atomic mass is 15.1. The van der Waals surface area contributed by atoms with Crippen molar-refractivity contribution < 1.29 is 0 Å². The van der Waals surface area contributed by atoms with Crippen LogP contribution in [0.4, 0.5) is 5.69 Å². The summed E-state index contributed by atoms with van der Waals surface area (Å²) in [5.74, 6) is 0. The number of likely N-dealkylation sites (tertiary alicyclic amines) is 1. The smallest absolute Gasteiger partial charge is 0.0418 e. The van der Waals surface area contributed by atoms with E-state index in [1.54, 1.807) is 0 Å². The lowest BCUT2D eigenvalue weighted by atomic mass is 9.99. The molecule has 0 radical (unpaired) electrons. The van der Waals surface area contributed by atoms with Crippen LogP contribution in [0.25, 0.3) is 0 Å². The molecule has 116 valence electrons. The standard InChI is InChI=1S/C18H29N3/c1-15(14-21-11-3-2-4-12-21)20-13-17-8-5-7-16-9-6-10-19-18(16)17/h5,7-8,15,19-20H,2-4,6,9-14H2,1H3. The van der Waals surface area contributed by atoms with E-state index in [0.717, 1.165) is 13.1 Å². The monoisotopic (exact) mass is 287 g/mol. The highest BCUT2D eigenvalue weighted by Gasteiger charge is 2.15. The average Bonchev–Trinajstić information content (AvgIpc) is 2.54. The fraction of sp³-hybridized carbons (Fsp3) is 0.667. The van der Waals surface area contributed by atoms with Crippen molar-refractivity contribution in [3.05, 3.63) is 29.3 Å². The molecule has 1 saturated heterocycles. The molecular weight excluding hydrogens is 258 g/mol. The summed E-state index contributed by atoms with van der Waals surface area (Å²) in [7, 11) is 0. The van der Waals surface area contributed by atoms with E-state index in [1.807, 2.05) is 0 Å². The van der Waals surface area contributed by atoms with Crippen molar-refractivity contribution in [2.45, 2.75) is 51.6 Å². The molecule has 2 heterocycles. The highest BCUT2D eigenvalue weighted by molar-refractivity contribution is 5.59. The van der Waals surface area contributed by atoms with Crippen LogP contribution in [0, 0.1) is 0 Å². The maximum absolute atomic E-state index is 3.71. The van der Waals surface area contributed by atoms with Gasteiger partial charge >= 0.3 is 0 Å². The lowest BCUT2D eigenvalue weighted by molar-refractivity contribution is 0.209. The summed E-state index contributed by atoms with van der Waals surface area (Å²) in [4.78, 5) is 2.61. The van der Waals surface area contributed by atoms with E-state index in [-0.39, 0.29) is 0 Å². The molecule has 3 heteroatoms. The number of benzene rings is 1. The van der Waals surface area contributed by atoms with Crippen molar-refractivity contribution in [3.8, 4) is 0 Å². The zero-order valence-electron chi connectivity index (χ0n) is 13.3. The van der Waals surface area contributed by atoms with Crippen LogP contribution in [0.3, 0.4) is 0 Å². The number of para-hydroxylation sites is 1. The molecule has 3 nitrogen and oxygen atoms in total. The van der Waals surface area contributed by atoms with Gasteiger partial charge in [-0.25, -0.2) is 0 Å².